The molecule has 0 aliphatic carbocycles. The predicted molar refractivity (Wildman–Crippen MR) is 74.9 cm³/mol. The topological polar surface area (TPSA) is 69.4 Å². The minimum Gasteiger partial charge on any atom is -0.461 e. The number of rotatable bonds is 5. The van der Waals surface area contributed by atoms with E-state index < -0.39 is 5.91 Å². The van der Waals surface area contributed by atoms with E-state index in [0.29, 0.717) is 11.1 Å². The number of amides is 1. The number of hydrogen-bond donors (Lipinski definition) is 1. The number of hydrogen-bond acceptors (Lipinski definition) is 3. The summed E-state index contributed by atoms with van der Waals surface area (Å²) in [6, 6.07) is 16.2. The van der Waals surface area contributed by atoms with E-state index in [4.69, 9.17) is 10.5 Å². The first-order valence-electron chi connectivity index (χ1n) is 6.24. The number of benzene rings is 2. The van der Waals surface area contributed by atoms with E-state index in [9.17, 15) is 9.59 Å². The quantitative estimate of drug-likeness (QED) is 0.845. The zero-order valence-corrected chi connectivity index (χ0v) is 10.9. The lowest BCUT2D eigenvalue weighted by Crippen LogP contribution is -2.16. The summed E-state index contributed by atoms with van der Waals surface area (Å²) in [7, 11) is 0. The van der Waals surface area contributed by atoms with Gasteiger partial charge in [0.1, 0.15) is 6.61 Å². The molecule has 0 saturated heterocycles. The van der Waals surface area contributed by atoms with Gasteiger partial charge in [0.2, 0.25) is 5.91 Å². The Morgan fingerprint density at radius 3 is 2.30 bits per heavy atom. The van der Waals surface area contributed by atoms with Crippen molar-refractivity contribution in [1.29, 1.82) is 0 Å². The van der Waals surface area contributed by atoms with E-state index in [0.717, 1.165) is 5.56 Å². The van der Waals surface area contributed by atoms with Crippen LogP contribution < -0.4 is 5.73 Å². The number of carbonyl (C=O) groups is 2. The van der Waals surface area contributed by atoms with E-state index >= 15 is 0 Å². The molecule has 2 N–H and O–H groups in total. The summed E-state index contributed by atoms with van der Waals surface area (Å²) in [4.78, 5) is 23.0. The van der Waals surface area contributed by atoms with Crippen LogP contribution in [0.15, 0.2) is 54.6 Å². The fourth-order valence-corrected chi connectivity index (χ4v) is 1.86. The lowest BCUT2D eigenvalue weighted by Gasteiger charge is -2.07. The van der Waals surface area contributed by atoms with Crippen LogP contribution in [0.1, 0.15) is 21.5 Å². The van der Waals surface area contributed by atoms with Gasteiger partial charge in [0, 0.05) is 5.56 Å². The second-order valence-electron chi connectivity index (χ2n) is 4.34. The molecular weight excluding hydrogens is 254 g/mol. The molecule has 20 heavy (non-hydrogen) atoms. The summed E-state index contributed by atoms with van der Waals surface area (Å²) in [5, 5.41) is 0. The van der Waals surface area contributed by atoms with E-state index in [1.165, 1.54) is 0 Å². The lowest BCUT2D eigenvalue weighted by atomic mass is 10.0. The van der Waals surface area contributed by atoms with Gasteiger partial charge in [0.25, 0.3) is 0 Å². The van der Waals surface area contributed by atoms with Gasteiger partial charge in [0.15, 0.2) is 0 Å². The highest BCUT2D eigenvalue weighted by Gasteiger charge is 2.12. The zero-order chi connectivity index (χ0) is 14.4. The molecule has 2 rings (SSSR count). The standard InChI is InChI=1S/C16H15NO3/c17-16(19)14-9-5-4-8-13(14)10-15(18)20-11-12-6-2-1-3-7-12/h1-9H,10-11H2,(H2,17,19). The van der Waals surface area contributed by atoms with Crippen molar-refractivity contribution in [2.75, 3.05) is 0 Å². The number of ether oxygens (including phenoxy) is 1. The van der Waals surface area contributed by atoms with Crippen LogP contribution in [0.4, 0.5) is 0 Å². The van der Waals surface area contributed by atoms with E-state index in [1.54, 1.807) is 24.3 Å². The molecule has 102 valence electrons. The Bertz CT molecular complexity index is 608. The lowest BCUT2D eigenvalue weighted by molar-refractivity contribution is -0.144. The molecule has 0 aliphatic rings. The fraction of sp³-hybridized carbons (Fsp3) is 0.125. The van der Waals surface area contributed by atoms with Crippen LogP contribution in [0.3, 0.4) is 0 Å². The average molecular weight is 269 g/mol. The first-order chi connectivity index (χ1) is 9.66. The smallest absolute Gasteiger partial charge is 0.310 e. The Hall–Kier alpha value is -2.62. The maximum absolute atomic E-state index is 11.8. The molecule has 0 fully saturated rings. The number of carbonyl (C=O) groups excluding carboxylic acids is 2. The molecule has 0 aromatic heterocycles. The number of esters is 1. The van der Waals surface area contributed by atoms with Gasteiger partial charge in [-0.2, -0.15) is 0 Å². The molecule has 0 bridgehead atoms. The van der Waals surface area contributed by atoms with Crippen molar-refractivity contribution >= 4 is 11.9 Å². The minimum absolute atomic E-state index is 0.0337. The Labute approximate surface area is 117 Å². The Morgan fingerprint density at radius 2 is 1.60 bits per heavy atom. The molecule has 0 radical (unpaired) electrons. The van der Waals surface area contributed by atoms with Crippen molar-refractivity contribution in [3.63, 3.8) is 0 Å². The van der Waals surface area contributed by atoms with Crippen molar-refractivity contribution in [1.82, 2.24) is 0 Å². The van der Waals surface area contributed by atoms with Crippen LogP contribution in [0.2, 0.25) is 0 Å². The van der Waals surface area contributed by atoms with Crippen LogP contribution in [-0.4, -0.2) is 11.9 Å². The molecular formula is C16H15NO3. The third kappa shape index (κ3) is 3.68. The Balaban J connectivity index is 1.97. The molecule has 1 amide bonds. The highest BCUT2D eigenvalue weighted by atomic mass is 16.5. The molecule has 0 unspecified atom stereocenters. The van der Waals surface area contributed by atoms with Gasteiger partial charge in [-0.25, -0.2) is 0 Å². The summed E-state index contributed by atoms with van der Waals surface area (Å²) in [6.07, 6.45) is 0.0337. The van der Waals surface area contributed by atoms with Gasteiger partial charge in [-0.1, -0.05) is 48.5 Å². The fourth-order valence-electron chi connectivity index (χ4n) is 1.86. The van der Waals surface area contributed by atoms with E-state index in [1.807, 2.05) is 30.3 Å². The highest BCUT2D eigenvalue weighted by Crippen LogP contribution is 2.10. The normalized spacial score (nSPS) is 10.0. The molecule has 2 aromatic carbocycles. The Kier molecular flexibility index (Phi) is 4.50. The monoisotopic (exact) mass is 269 g/mol. The predicted octanol–water partition coefficient (Wildman–Crippen LogP) is 2.07. The highest BCUT2D eigenvalue weighted by molar-refractivity contribution is 5.95. The van der Waals surface area contributed by atoms with E-state index in [-0.39, 0.29) is 19.0 Å². The van der Waals surface area contributed by atoms with Crippen LogP contribution in [0, 0.1) is 0 Å². The molecule has 0 spiro atoms. The number of primary amides is 1. The molecule has 0 heterocycles. The van der Waals surface area contributed by atoms with Gasteiger partial charge in [-0.15, -0.1) is 0 Å². The van der Waals surface area contributed by atoms with Crippen molar-refractivity contribution in [2.24, 2.45) is 5.73 Å². The van der Waals surface area contributed by atoms with E-state index in [2.05, 4.69) is 0 Å². The van der Waals surface area contributed by atoms with Gasteiger partial charge < -0.3 is 10.5 Å². The van der Waals surface area contributed by atoms with Crippen LogP contribution in [0.5, 0.6) is 0 Å². The number of nitrogens with two attached hydrogens (primary N) is 1. The maximum Gasteiger partial charge on any atom is 0.310 e. The van der Waals surface area contributed by atoms with Crippen molar-refractivity contribution in [2.45, 2.75) is 13.0 Å². The first kappa shape index (κ1) is 13.8. The van der Waals surface area contributed by atoms with Crippen molar-refractivity contribution < 1.29 is 14.3 Å². The molecule has 2 aromatic rings. The second-order valence-corrected chi connectivity index (χ2v) is 4.34. The molecule has 0 aliphatic heterocycles. The van der Waals surface area contributed by atoms with Gasteiger partial charge in [-0.3, -0.25) is 9.59 Å². The summed E-state index contributed by atoms with van der Waals surface area (Å²) in [5.41, 5.74) is 7.12. The molecule has 4 heteroatoms. The van der Waals surface area contributed by atoms with Crippen LogP contribution in [-0.2, 0) is 22.6 Å². The SMILES string of the molecule is NC(=O)c1ccccc1CC(=O)OCc1ccccc1. The third-order valence-corrected chi connectivity index (χ3v) is 2.86. The largest absolute Gasteiger partial charge is 0.461 e. The van der Waals surface area contributed by atoms with Gasteiger partial charge in [0.05, 0.1) is 6.42 Å². The molecule has 0 atom stereocenters. The average Bonchev–Trinajstić information content (AvgIpc) is 2.46. The molecule has 4 nitrogen and oxygen atoms in total. The zero-order valence-electron chi connectivity index (χ0n) is 10.9. The summed E-state index contributed by atoms with van der Waals surface area (Å²) in [5.74, 6) is -0.931. The van der Waals surface area contributed by atoms with Crippen molar-refractivity contribution in [3.8, 4) is 0 Å². The van der Waals surface area contributed by atoms with Crippen LogP contribution in [0.25, 0.3) is 0 Å². The summed E-state index contributed by atoms with van der Waals surface area (Å²) >= 11 is 0. The maximum atomic E-state index is 11.8. The van der Waals surface area contributed by atoms with Crippen molar-refractivity contribution in [3.05, 3.63) is 71.3 Å². The summed E-state index contributed by atoms with van der Waals surface area (Å²) in [6.45, 7) is 0.221. The Morgan fingerprint density at radius 1 is 0.950 bits per heavy atom. The third-order valence-electron chi connectivity index (χ3n) is 2.86. The minimum atomic E-state index is -0.545. The van der Waals surface area contributed by atoms with Crippen LogP contribution >= 0.6 is 0 Å². The first-order valence-corrected chi connectivity index (χ1v) is 6.24. The van der Waals surface area contributed by atoms with Gasteiger partial charge >= 0.3 is 5.97 Å². The van der Waals surface area contributed by atoms with Gasteiger partial charge in [-0.05, 0) is 17.2 Å². The molecule has 0 saturated carbocycles. The second kappa shape index (κ2) is 6.52. The summed E-state index contributed by atoms with van der Waals surface area (Å²) < 4.78 is 5.18.